The summed E-state index contributed by atoms with van der Waals surface area (Å²) in [5.74, 6) is -0.0930. The fraction of sp³-hybridized carbons (Fsp3) is 0.231. The Morgan fingerprint density at radius 1 is 1.50 bits per heavy atom. The van der Waals surface area contributed by atoms with Crippen LogP contribution in [0.25, 0.3) is 0 Å². The van der Waals surface area contributed by atoms with E-state index in [-0.39, 0.29) is 11.9 Å². The molecule has 0 aliphatic heterocycles. The number of benzene rings is 1. The number of nitrogens with zero attached hydrogens (tertiary/aromatic N) is 1. The van der Waals surface area contributed by atoms with E-state index in [0.717, 1.165) is 15.0 Å². The van der Waals surface area contributed by atoms with Crippen LogP contribution in [0, 0.1) is 6.92 Å². The molecule has 0 radical (unpaired) electrons. The Bertz CT molecular complexity index is 554. The summed E-state index contributed by atoms with van der Waals surface area (Å²) < 4.78 is 0.811. The number of amides is 1. The predicted molar refractivity (Wildman–Crippen MR) is 76.9 cm³/mol. The standard InChI is InChI=1S/C13H13BrN2OS/c1-8-3-4-10(11(14)7-8)12(17)16-9(2)13-15-5-6-18-13/h3-7,9H,1-2H3,(H,16,17). The predicted octanol–water partition coefficient (Wildman–Crippen LogP) is 3.71. The minimum absolute atomic E-state index is 0.0781. The fourth-order valence-electron chi connectivity index (χ4n) is 1.59. The number of carbonyl (C=O) groups excluding carboxylic acids is 1. The smallest absolute Gasteiger partial charge is 0.252 e. The summed E-state index contributed by atoms with van der Waals surface area (Å²) in [6.45, 7) is 3.92. The van der Waals surface area contributed by atoms with E-state index in [2.05, 4.69) is 26.2 Å². The Labute approximate surface area is 118 Å². The van der Waals surface area contributed by atoms with Crippen LogP contribution in [0.15, 0.2) is 34.2 Å². The summed E-state index contributed by atoms with van der Waals surface area (Å²) in [6, 6.07) is 5.60. The highest BCUT2D eigenvalue weighted by Gasteiger charge is 2.15. The summed E-state index contributed by atoms with van der Waals surface area (Å²) in [5.41, 5.74) is 1.76. The zero-order valence-electron chi connectivity index (χ0n) is 10.1. The summed E-state index contributed by atoms with van der Waals surface area (Å²) in [7, 11) is 0. The molecule has 0 saturated heterocycles. The largest absolute Gasteiger partial charge is 0.343 e. The molecule has 1 atom stereocenters. The monoisotopic (exact) mass is 324 g/mol. The highest BCUT2D eigenvalue weighted by Crippen LogP contribution is 2.20. The second kappa shape index (κ2) is 5.63. The molecule has 94 valence electrons. The number of rotatable bonds is 3. The normalized spacial score (nSPS) is 12.2. The number of hydrogen-bond donors (Lipinski definition) is 1. The first-order valence-corrected chi connectivity index (χ1v) is 7.21. The molecular weight excluding hydrogens is 312 g/mol. The molecule has 1 aromatic heterocycles. The lowest BCUT2D eigenvalue weighted by Gasteiger charge is -2.12. The van der Waals surface area contributed by atoms with Crippen LogP contribution in [-0.4, -0.2) is 10.9 Å². The summed E-state index contributed by atoms with van der Waals surface area (Å²) in [6.07, 6.45) is 1.74. The summed E-state index contributed by atoms with van der Waals surface area (Å²) in [4.78, 5) is 16.3. The maximum Gasteiger partial charge on any atom is 0.252 e. The van der Waals surface area contributed by atoms with Gasteiger partial charge in [0.1, 0.15) is 5.01 Å². The highest BCUT2D eigenvalue weighted by molar-refractivity contribution is 9.10. The number of halogens is 1. The fourth-order valence-corrected chi connectivity index (χ4v) is 2.91. The van der Waals surface area contributed by atoms with Crippen molar-refractivity contribution in [2.75, 3.05) is 0 Å². The quantitative estimate of drug-likeness (QED) is 0.935. The lowest BCUT2D eigenvalue weighted by molar-refractivity contribution is 0.0939. The molecule has 1 aromatic carbocycles. The van der Waals surface area contributed by atoms with E-state index in [1.807, 2.05) is 37.4 Å². The van der Waals surface area contributed by atoms with Crippen molar-refractivity contribution in [1.29, 1.82) is 0 Å². The average molecular weight is 325 g/mol. The zero-order chi connectivity index (χ0) is 13.1. The van der Waals surface area contributed by atoms with Crippen molar-refractivity contribution in [3.8, 4) is 0 Å². The van der Waals surface area contributed by atoms with Gasteiger partial charge < -0.3 is 5.32 Å². The van der Waals surface area contributed by atoms with Gasteiger partial charge in [-0.3, -0.25) is 4.79 Å². The van der Waals surface area contributed by atoms with Gasteiger partial charge >= 0.3 is 0 Å². The van der Waals surface area contributed by atoms with Crippen LogP contribution in [0.2, 0.25) is 0 Å². The second-order valence-corrected chi connectivity index (χ2v) is 5.83. The molecule has 0 spiro atoms. The number of nitrogens with one attached hydrogen (secondary N) is 1. The van der Waals surface area contributed by atoms with Crippen LogP contribution in [0.3, 0.4) is 0 Å². The van der Waals surface area contributed by atoms with Crippen molar-refractivity contribution in [3.05, 3.63) is 50.4 Å². The van der Waals surface area contributed by atoms with E-state index in [0.29, 0.717) is 5.56 Å². The summed E-state index contributed by atoms with van der Waals surface area (Å²) >= 11 is 4.95. The first-order valence-electron chi connectivity index (χ1n) is 5.54. The maximum atomic E-state index is 12.1. The maximum absolute atomic E-state index is 12.1. The van der Waals surface area contributed by atoms with Crippen molar-refractivity contribution in [1.82, 2.24) is 10.3 Å². The SMILES string of the molecule is Cc1ccc(C(=O)NC(C)c2nccs2)c(Br)c1. The van der Waals surface area contributed by atoms with Gasteiger partial charge in [0.2, 0.25) is 0 Å². The minimum atomic E-state index is -0.0930. The first kappa shape index (κ1) is 13.2. The van der Waals surface area contributed by atoms with Gasteiger partial charge in [0, 0.05) is 16.0 Å². The van der Waals surface area contributed by atoms with Crippen LogP contribution < -0.4 is 5.32 Å². The van der Waals surface area contributed by atoms with E-state index in [1.54, 1.807) is 6.20 Å². The molecule has 18 heavy (non-hydrogen) atoms. The number of thiazole rings is 1. The van der Waals surface area contributed by atoms with Crippen molar-refractivity contribution < 1.29 is 4.79 Å². The minimum Gasteiger partial charge on any atom is -0.343 e. The molecule has 1 unspecified atom stereocenters. The van der Waals surface area contributed by atoms with Crippen molar-refractivity contribution in [3.63, 3.8) is 0 Å². The molecule has 5 heteroatoms. The Morgan fingerprint density at radius 2 is 2.28 bits per heavy atom. The number of aryl methyl sites for hydroxylation is 1. The molecule has 0 bridgehead atoms. The van der Waals surface area contributed by atoms with Crippen LogP contribution in [0.4, 0.5) is 0 Å². The van der Waals surface area contributed by atoms with Crippen LogP contribution in [-0.2, 0) is 0 Å². The van der Waals surface area contributed by atoms with E-state index in [1.165, 1.54) is 11.3 Å². The number of aromatic nitrogens is 1. The Morgan fingerprint density at radius 3 is 2.89 bits per heavy atom. The third-order valence-corrected chi connectivity index (χ3v) is 4.15. The molecule has 0 aliphatic rings. The second-order valence-electron chi connectivity index (χ2n) is 4.05. The van der Waals surface area contributed by atoms with Crippen molar-refractivity contribution >= 4 is 33.2 Å². The molecule has 0 saturated carbocycles. The highest BCUT2D eigenvalue weighted by atomic mass is 79.9. The molecule has 2 rings (SSSR count). The van der Waals surface area contributed by atoms with Gasteiger partial charge in [0.25, 0.3) is 5.91 Å². The first-order chi connectivity index (χ1) is 8.58. The number of hydrogen-bond acceptors (Lipinski definition) is 3. The third kappa shape index (κ3) is 2.97. The van der Waals surface area contributed by atoms with Crippen LogP contribution in [0.5, 0.6) is 0 Å². The topological polar surface area (TPSA) is 42.0 Å². The Hall–Kier alpha value is -1.20. The molecular formula is C13H13BrN2OS. The van der Waals surface area contributed by atoms with Gasteiger partial charge in [0.05, 0.1) is 11.6 Å². The van der Waals surface area contributed by atoms with Gasteiger partial charge in [-0.15, -0.1) is 11.3 Å². The molecule has 0 fully saturated rings. The number of carbonyl (C=O) groups is 1. The molecule has 0 aliphatic carbocycles. The van der Waals surface area contributed by atoms with E-state index >= 15 is 0 Å². The Kier molecular flexibility index (Phi) is 4.14. The van der Waals surface area contributed by atoms with E-state index < -0.39 is 0 Å². The van der Waals surface area contributed by atoms with Crippen LogP contribution in [0.1, 0.15) is 33.9 Å². The van der Waals surface area contributed by atoms with Crippen molar-refractivity contribution in [2.24, 2.45) is 0 Å². The average Bonchev–Trinajstić information content (AvgIpc) is 2.81. The van der Waals surface area contributed by atoms with Gasteiger partial charge in [0.15, 0.2) is 0 Å². The van der Waals surface area contributed by atoms with Crippen LogP contribution >= 0.6 is 27.3 Å². The summed E-state index contributed by atoms with van der Waals surface area (Å²) in [5, 5.41) is 5.75. The van der Waals surface area contributed by atoms with Gasteiger partial charge in [-0.05, 0) is 47.5 Å². The lowest BCUT2D eigenvalue weighted by Crippen LogP contribution is -2.26. The zero-order valence-corrected chi connectivity index (χ0v) is 12.5. The van der Waals surface area contributed by atoms with E-state index in [9.17, 15) is 4.79 Å². The molecule has 3 nitrogen and oxygen atoms in total. The van der Waals surface area contributed by atoms with Gasteiger partial charge in [-0.2, -0.15) is 0 Å². The molecule has 2 aromatic rings. The van der Waals surface area contributed by atoms with E-state index in [4.69, 9.17) is 0 Å². The Balaban J connectivity index is 2.12. The molecule has 1 amide bonds. The van der Waals surface area contributed by atoms with Gasteiger partial charge in [-0.1, -0.05) is 6.07 Å². The van der Waals surface area contributed by atoms with Crippen molar-refractivity contribution in [2.45, 2.75) is 19.9 Å². The molecule has 1 heterocycles. The molecule has 1 N–H and O–H groups in total. The third-order valence-electron chi connectivity index (χ3n) is 2.54. The lowest BCUT2D eigenvalue weighted by atomic mass is 10.1. The van der Waals surface area contributed by atoms with Gasteiger partial charge in [-0.25, -0.2) is 4.98 Å².